The second-order valence-electron chi connectivity index (χ2n) is 8.77. The Hall–Kier alpha value is -2.51. The Morgan fingerprint density at radius 2 is 1.95 bits per heavy atom. The molecule has 4 heterocycles. The van der Waals surface area contributed by atoms with E-state index in [4.69, 9.17) is 27.9 Å². The fourth-order valence-electron chi connectivity index (χ4n) is 4.52. The maximum absolute atomic E-state index is 15.4. The predicted molar refractivity (Wildman–Crippen MR) is 144 cm³/mol. The van der Waals surface area contributed by atoms with Crippen molar-refractivity contribution in [3.05, 3.63) is 68.8 Å². The number of fused-ring (bicyclic) bond motifs is 1. The molecule has 0 aliphatic carbocycles. The van der Waals surface area contributed by atoms with Crippen molar-refractivity contribution in [3.63, 3.8) is 0 Å². The van der Waals surface area contributed by atoms with Crippen LogP contribution in [0.1, 0.15) is 30.1 Å². The Labute approximate surface area is 234 Å². The van der Waals surface area contributed by atoms with Crippen LogP contribution in [0, 0.1) is 5.82 Å². The van der Waals surface area contributed by atoms with E-state index in [-0.39, 0.29) is 32.0 Å². The van der Waals surface area contributed by atoms with Crippen molar-refractivity contribution in [2.24, 2.45) is 0 Å². The maximum Gasteiger partial charge on any atom is 0.327 e. The number of anilines is 1. The highest BCUT2D eigenvalue weighted by Crippen LogP contribution is 2.35. The standard InChI is InChI=1S/C24H23Cl2F2N5O3S2/c25-19-9-21(37-23(19)26)38(35)31-24(34)29-11-20(28)18-13-36-12-14-10-30-33(22(14)18)17-5-7-32(8-6-17)16-3-1-15(27)2-4-16/h1-4,9-10,17H,5-8,11-13H2,(H2,29,31,34)/b20-18-. The SMILES string of the molecule is O=C(NC/C(F)=C1\COCc2cnn(C3CCN(c4ccc(F)cc4)CC3)c21)NS(=O)c1cc(Cl)c(Cl)s1. The van der Waals surface area contributed by atoms with E-state index in [2.05, 4.69) is 20.0 Å². The van der Waals surface area contributed by atoms with Gasteiger partial charge >= 0.3 is 6.03 Å². The number of aromatic nitrogens is 2. The second-order valence-corrected chi connectivity index (χ2v) is 12.3. The minimum Gasteiger partial charge on any atom is -0.372 e. The maximum atomic E-state index is 15.4. The van der Waals surface area contributed by atoms with Gasteiger partial charge in [0, 0.05) is 29.9 Å². The van der Waals surface area contributed by atoms with Crippen molar-refractivity contribution in [1.82, 2.24) is 19.8 Å². The molecule has 2 N–H and O–H groups in total. The first-order valence-electron chi connectivity index (χ1n) is 11.7. The Morgan fingerprint density at radius 1 is 1.21 bits per heavy atom. The number of hydrogen-bond donors (Lipinski definition) is 2. The zero-order chi connectivity index (χ0) is 26.8. The molecule has 0 saturated carbocycles. The molecule has 38 heavy (non-hydrogen) atoms. The molecule has 1 aromatic carbocycles. The van der Waals surface area contributed by atoms with Gasteiger partial charge in [-0.3, -0.25) is 9.40 Å². The lowest BCUT2D eigenvalue weighted by atomic mass is 10.0. The monoisotopic (exact) mass is 601 g/mol. The van der Waals surface area contributed by atoms with Gasteiger partial charge in [0.25, 0.3) is 0 Å². The number of nitrogens with one attached hydrogen (secondary N) is 2. The number of benzene rings is 1. The number of ether oxygens (including phenoxy) is 1. The van der Waals surface area contributed by atoms with E-state index in [0.717, 1.165) is 48.5 Å². The molecule has 1 fully saturated rings. The summed E-state index contributed by atoms with van der Waals surface area (Å²) in [5.74, 6) is -0.840. The van der Waals surface area contributed by atoms with Crippen LogP contribution in [-0.2, 0) is 22.3 Å². The summed E-state index contributed by atoms with van der Waals surface area (Å²) in [6.07, 6.45) is 3.25. The third kappa shape index (κ3) is 5.89. The number of piperidine rings is 1. The number of urea groups is 1. The van der Waals surface area contributed by atoms with Crippen molar-refractivity contribution < 1.29 is 22.5 Å². The first-order chi connectivity index (χ1) is 18.3. The highest BCUT2D eigenvalue weighted by Gasteiger charge is 2.29. The van der Waals surface area contributed by atoms with Gasteiger partial charge in [0.05, 0.1) is 42.7 Å². The molecule has 2 aromatic heterocycles. The molecule has 8 nitrogen and oxygen atoms in total. The number of nitrogens with zero attached hydrogens (tertiary/aromatic N) is 3. The number of amides is 2. The number of hydrogen-bond acceptors (Lipinski definition) is 6. The summed E-state index contributed by atoms with van der Waals surface area (Å²) in [6, 6.07) is 7.08. The summed E-state index contributed by atoms with van der Waals surface area (Å²) >= 11 is 12.7. The molecular weight excluding hydrogens is 579 g/mol. The van der Waals surface area contributed by atoms with Crippen LogP contribution in [0.2, 0.25) is 9.36 Å². The van der Waals surface area contributed by atoms with Crippen LogP contribution in [-0.4, -0.2) is 46.3 Å². The lowest BCUT2D eigenvalue weighted by Crippen LogP contribution is -2.37. The van der Waals surface area contributed by atoms with E-state index >= 15 is 4.39 Å². The van der Waals surface area contributed by atoms with Gasteiger partial charge in [-0.25, -0.2) is 17.8 Å². The molecular formula is C24H23Cl2F2N5O3S2. The largest absolute Gasteiger partial charge is 0.372 e. The normalized spacial score (nSPS) is 18.2. The molecule has 2 aliphatic heterocycles. The molecule has 0 spiro atoms. The summed E-state index contributed by atoms with van der Waals surface area (Å²) in [7, 11) is -1.89. The smallest absolute Gasteiger partial charge is 0.327 e. The lowest BCUT2D eigenvalue weighted by Gasteiger charge is -2.35. The summed E-state index contributed by atoms with van der Waals surface area (Å²) in [5.41, 5.74) is 2.73. The first-order valence-corrected chi connectivity index (χ1v) is 14.5. The van der Waals surface area contributed by atoms with Crippen LogP contribution >= 0.6 is 34.5 Å². The first kappa shape index (κ1) is 27.1. The minimum atomic E-state index is -1.89. The van der Waals surface area contributed by atoms with Crippen LogP contribution in [0.3, 0.4) is 0 Å². The number of rotatable bonds is 6. The Morgan fingerprint density at radius 3 is 2.63 bits per heavy atom. The quantitative estimate of drug-likeness (QED) is 0.391. The van der Waals surface area contributed by atoms with Gasteiger partial charge in [0.2, 0.25) is 0 Å². The second kappa shape index (κ2) is 11.7. The summed E-state index contributed by atoms with van der Waals surface area (Å²) < 4.78 is 51.2. The molecule has 1 saturated heterocycles. The molecule has 0 radical (unpaired) electrons. The Bertz CT molecular complexity index is 1370. The predicted octanol–water partition coefficient (Wildman–Crippen LogP) is 5.46. The van der Waals surface area contributed by atoms with E-state index in [1.165, 1.54) is 18.2 Å². The van der Waals surface area contributed by atoms with Gasteiger partial charge < -0.3 is 15.0 Å². The van der Waals surface area contributed by atoms with E-state index in [1.54, 1.807) is 18.3 Å². The molecule has 1 unspecified atom stereocenters. The Kier molecular flexibility index (Phi) is 8.34. The summed E-state index contributed by atoms with van der Waals surface area (Å²) in [6.45, 7) is 1.45. The van der Waals surface area contributed by atoms with Crippen molar-refractivity contribution in [3.8, 4) is 0 Å². The van der Waals surface area contributed by atoms with Crippen molar-refractivity contribution in [2.45, 2.75) is 29.7 Å². The third-order valence-corrected chi connectivity index (χ3v) is 9.60. The zero-order valence-corrected chi connectivity index (χ0v) is 23.0. The van der Waals surface area contributed by atoms with Gasteiger partial charge in [-0.15, -0.1) is 11.3 Å². The molecule has 1 atom stereocenters. The van der Waals surface area contributed by atoms with E-state index in [1.807, 2.05) is 4.68 Å². The summed E-state index contributed by atoms with van der Waals surface area (Å²) in [5, 5.41) is 7.18. The van der Waals surface area contributed by atoms with Gasteiger partial charge in [0.15, 0.2) is 11.0 Å². The fourth-order valence-corrected chi connectivity index (χ4v) is 7.07. The number of carbonyl (C=O) groups is 1. The highest BCUT2D eigenvalue weighted by atomic mass is 35.5. The van der Waals surface area contributed by atoms with E-state index in [0.29, 0.717) is 17.9 Å². The van der Waals surface area contributed by atoms with Gasteiger partial charge in [-0.2, -0.15) is 5.10 Å². The van der Waals surface area contributed by atoms with Crippen LogP contribution in [0.25, 0.3) is 5.57 Å². The van der Waals surface area contributed by atoms with Crippen LogP contribution < -0.4 is 14.9 Å². The van der Waals surface area contributed by atoms with Gasteiger partial charge in [-0.05, 0) is 43.2 Å². The van der Waals surface area contributed by atoms with Crippen LogP contribution in [0.15, 0.2) is 46.6 Å². The van der Waals surface area contributed by atoms with Gasteiger partial charge in [-0.1, -0.05) is 23.2 Å². The fraction of sp³-hybridized carbons (Fsp3) is 0.333. The van der Waals surface area contributed by atoms with Crippen LogP contribution in [0.4, 0.5) is 19.3 Å². The topological polar surface area (TPSA) is 88.5 Å². The minimum absolute atomic E-state index is 0.0420. The van der Waals surface area contributed by atoms with Crippen molar-refractivity contribution in [1.29, 1.82) is 0 Å². The van der Waals surface area contributed by atoms with E-state index < -0.39 is 29.4 Å². The lowest BCUT2D eigenvalue weighted by molar-refractivity contribution is 0.143. The molecule has 0 bridgehead atoms. The van der Waals surface area contributed by atoms with Gasteiger partial charge in [0.1, 0.15) is 20.2 Å². The number of carbonyl (C=O) groups excluding carboxylic acids is 1. The highest BCUT2D eigenvalue weighted by molar-refractivity contribution is 7.86. The van der Waals surface area contributed by atoms with Crippen molar-refractivity contribution >= 4 is 62.8 Å². The molecule has 2 aliphatic rings. The molecule has 14 heteroatoms. The van der Waals surface area contributed by atoms with E-state index in [9.17, 15) is 13.4 Å². The van der Waals surface area contributed by atoms with Crippen LogP contribution in [0.5, 0.6) is 0 Å². The molecule has 3 aromatic rings. The Balaban J connectivity index is 1.24. The average molecular weight is 603 g/mol. The summed E-state index contributed by atoms with van der Waals surface area (Å²) in [4.78, 5) is 14.4. The zero-order valence-electron chi connectivity index (χ0n) is 19.9. The molecule has 202 valence electrons. The van der Waals surface area contributed by atoms with Crippen molar-refractivity contribution in [2.75, 3.05) is 31.1 Å². The molecule has 5 rings (SSSR count). The molecule has 2 amide bonds. The third-order valence-electron chi connectivity index (χ3n) is 6.39. The average Bonchev–Trinajstić information content (AvgIpc) is 3.51. The number of thiophene rings is 1. The number of halogens is 4.